The lowest BCUT2D eigenvalue weighted by Gasteiger charge is -2.20. The summed E-state index contributed by atoms with van der Waals surface area (Å²) in [6.45, 7) is 5.97. The molecule has 0 aliphatic carbocycles. The standard InChI is InChI=1S/C19H23NO3/c1-13-6-8-16(15(3)10-13)20(4)19(21)12-23-17-9-7-14(2)11-18(17)22-5/h6-11H,12H2,1-5H3. The topological polar surface area (TPSA) is 38.8 Å². The number of nitrogens with zero attached hydrogens (tertiary/aromatic N) is 1. The van der Waals surface area contributed by atoms with Crippen LogP contribution in [0.4, 0.5) is 5.69 Å². The van der Waals surface area contributed by atoms with Crippen LogP contribution in [0.3, 0.4) is 0 Å². The van der Waals surface area contributed by atoms with Crippen LogP contribution in [-0.4, -0.2) is 26.7 Å². The molecule has 0 saturated carbocycles. The van der Waals surface area contributed by atoms with Crippen molar-refractivity contribution in [2.24, 2.45) is 0 Å². The fraction of sp³-hybridized carbons (Fsp3) is 0.316. The van der Waals surface area contributed by atoms with Crippen LogP contribution >= 0.6 is 0 Å². The Morgan fingerprint density at radius 1 is 1.00 bits per heavy atom. The minimum absolute atomic E-state index is 0.0385. The van der Waals surface area contributed by atoms with Gasteiger partial charge in [0.25, 0.3) is 5.91 Å². The van der Waals surface area contributed by atoms with Crippen molar-refractivity contribution >= 4 is 11.6 Å². The molecule has 0 radical (unpaired) electrons. The van der Waals surface area contributed by atoms with E-state index >= 15 is 0 Å². The maximum absolute atomic E-state index is 12.4. The predicted molar refractivity (Wildman–Crippen MR) is 92.6 cm³/mol. The Bertz CT molecular complexity index is 710. The number of hydrogen-bond acceptors (Lipinski definition) is 3. The number of likely N-dealkylation sites (N-methyl/N-ethyl adjacent to an activating group) is 1. The first-order valence-electron chi connectivity index (χ1n) is 7.53. The smallest absolute Gasteiger partial charge is 0.264 e. The molecule has 2 rings (SSSR count). The second-order valence-electron chi connectivity index (χ2n) is 5.69. The van der Waals surface area contributed by atoms with Crippen molar-refractivity contribution in [3.8, 4) is 11.5 Å². The number of methoxy groups -OCH3 is 1. The molecule has 4 heteroatoms. The van der Waals surface area contributed by atoms with Gasteiger partial charge in [0.15, 0.2) is 18.1 Å². The maximum atomic E-state index is 12.4. The molecule has 0 heterocycles. The molecule has 2 aromatic rings. The molecular formula is C19H23NO3. The van der Waals surface area contributed by atoms with E-state index in [1.807, 2.05) is 51.1 Å². The van der Waals surface area contributed by atoms with Crippen molar-refractivity contribution in [1.82, 2.24) is 0 Å². The van der Waals surface area contributed by atoms with Crippen LogP contribution in [0.5, 0.6) is 11.5 Å². The van der Waals surface area contributed by atoms with Crippen molar-refractivity contribution in [1.29, 1.82) is 0 Å². The molecule has 0 bridgehead atoms. The highest BCUT2D eigenvalue weighted by Crippen LogP contribution is 2.28. The van der Waals surface area contributed by atoms with Gasteiger partial charge in [-0.15, -0.1) is 0 Å². The fourth-order valence-corrected chi connectivity index (χ4v) is 2.45. The summed E-state index contributed by atoms with van der Waals surface area (Å²) in [4.78, 5) is 14.0. The number of hydrogen-bond donors (Lipinski definition) is 0. The molecular weight excluding hydrogens is 290 g/mol. The second-order valence-corrected chi connectivity index (χ2v) is 5.69. The van der Waals surface area contributed by atoms with Gasteiger partial charge >= 0.3 is 0 Å². The number of carbonyl (C=O) groups is 1. The maximum Gasteiger partial charge on any atom is 0.264 e. The average molecular weight is 313 g/mol. The molecule has 23 heavy (non-hydrogen) atoms. The molecule has 0 unspecified atom stereocenters. The summed E-state index contributed by atoms with van der Waals surface area (Å²) >= 11 is 0. The van der Waals surface area contributed by atoms with Gasteiger partial charge in [-0.05, 0) is 50.1 Å². The minimum atomic E-state index is -0.111. The molecule has 0 atom stereocenters. The third kappa shape index (κ3) is 4.03. The van der Waals surface area contributed by atoms with E-state index in [9.17, 15) is 4.79 Å². The molecule has 122 valence electrons. The zero-order chi connectivity index (χ0) is 17.0. The van der Waals surface area contributed by atoms with E-state index in [4.69, 9.17) is 9.47 Å². The predicted octanol–water partition coefficient (Wildman–Crippen LogP) is 3.66. The summed E-state index contributed by atoms with van der Waals surface area (Å²) in [5, 5.41) is 0. The molecule has 0 N–H and O–H groups in total. The Balaban J connectivity index is 2.07. The van der Waals surface area contributed by atoms with Crippen molar-refractivity contribution in [3.05, 3.63) is 53.1 Å². The molecule has 0 aliphatic rings. The lowest BCUT2D eigenvalue weighted by molar-refractivity contribution is -0.120. The van der Waals surface area contributed by atoms with Gasteiger partial charge in [0, 0.05) is 12.7 Å². The fourth-order valence-electron chi connectivity index (χ4n) is 2.45. The molecule has 0 aliphatic heterocycles. The van der Waals surface area contributed by atoms with Gasteiger partial charge in [-0.2, -0.15) is 0 Å². The molecule has 0 fully saturated rings. The first-order valence-corrected chi connectivity index (χ1v) is 7.53. The summed E-state index contributed by atoms with van der Waals surface area (Å²) in [6.07, 6.45) is 0. The number of aryl methyl sites for hydroxylation is 3. The van der Waals surface area contributed by atoms with Gasteiger partial charge in [-0.25, -0.2) is 0 Å². The first-order chi connectivity index (χ1) is 10.9. The van der Waals surface area contributed by atoms with Gasteiger partial charge in [-0.3, -0.25) is 4.79 Å². The Labute approximate surface area is 137 Å². The first kappa shape index (κ1) is 16.9. The second kappa shape index (κ2) is 7.18. The summed E-state index contributed by atoms with van der Waals surface area (Å²) in [7, 11) is 3.35. The Kier molecular flexibility index (Phi) is 5.27. The monoisotopic (exact) mass is 313 g/mol. The van der Waals surface area contributed by atoms with Gasteiger partial charge in [0.05, 0.1) is 7.11 Å². The van der Waals surface area contributed by atoms with Crippen LogP contribution in [0, 0.1) is 20.8 Å². The zero-order valence-electron chi connectivity index (χ0n) is 14.3. The van der Waals surface area contributed by atoms with Crippen molar-refractivity contribution in [3.63, 3.8) is 0 Å². The van der Waals surface area contributed by atoms with E-state index in [0.717, 1.165) is 16.8 Å². The summed E-state index contributed by atoms with van der Waals surface area (Å²) in [5.74, 6) is 1.09. The molecule has 2 aromatic carbocycles. The lowest BCUT2D eigenvalue weighted by atomic mass is 10.1. The zero-order valence-corrected chi connectivity index (χ0v) is 14.3. The normalized spacial score (nSPS) is 10.3. The van der Waals surface area contributed by atoms with Gasteiger partial charge in [0.2, 0.25) is 0 Å². The van der Waals surface area contributed by atoms with Crippen LogP contribution < -0.4 is 14.4 Å². The van der Waals surface area contributed by atoms with Crippen molar-refractivity contribution in [2.45, 2.75) is 20.8 Å². The summed E-state index contributed by atoms with van der Waals surface area (Å²) in [5.41, 5.74) is 4.20. The molecule has 0 aromatic heterocycles. The number of amides is 1. The number of ether oxygens (including phenoxy) is 2. The molecule has 4 nitrogen and oxygen atoms in total. The highest BCUT2D eigenvalue weighted by molar-refractivity contribution is 5.94. The van der Waals surface area contributed by atoms with Gasteiger partial charge in [-0.1, -0.05) is 23.8 Å². The van der Waals surface area contributed by atoms with E-state index < -0.39 is 0 Å². The number of carbonyl (C=O) groups excluding carboxylic acids is 1. The SMILES string of the molecule is COc1cc(C)ccc1OCC(=O)N(C)c1ccc(C)cc1C. The van der Waals surface area contributed by atoms with Crippen LogP contribution in [0.2, 0.25) is 0 Å². The lowest BCUT2D eigenvalue weighted by Crippen LogP contribution is -2.31. The van der Waals surface area contributed by atoms with E-state index in [0.29, 0.717) is 11.5 Å². The average Bonchev–Trinajstić information content (AvgIpc) is 2.52. The van der Waals surface area contributed by atoms with Gasteiger partial charge < -0.3 is 14.4 Å². The Hall–Kier alpha value is -2.49. The minimum Gasteiger partial charge on any atom is -0.493 e. The summed E-state index contributed by atoms with van der Waals surface area (Å²) in [6, 6.07) is 11.6. The Morgan fingerprint density at radius 2 is 1.65 bits per heavy atom. The number of benzene rings is 2. The van der Waals surface area contributed by atoms with Crippen LogP contribution in [0.15, 0.2) is 36.4 Å². The van der Waals surface area contributed by atoms with Gasteiger partial charge in [0.1, 0.15) is 0 Å². The largest absolute Gasteiger partial charge is 0.493 e. The molecule has 0 spiro atoms. The third-order valence-electron chi connectivity index (χ3n) is 3.76. The molecule has 0 saturated heterocycles. The van der Waals surface area contributed by atoms with Crippen LogP contribution in [-0.2, 0) is 4.79 Å². The van der Waals surface area contributed by atoms with Crippen LogP contribution in [0.1, 0.15) is 16.7 Å². The number of rotatable bonds is 5. The van der Waals surface area contributed by atoms with Crippen LogP contribution in [0.25, 0.3) is 0 Å². The highest BCUT2D eigenvalue weighted by Gasteiger charge is 2.15. The van der Waals surface area contributed by atoms with Crippen molar-refractivity contribution in [2.75, 3.05) is 25.7 Å². The molecule has 1 amide bonds. The van der Waals surface area contributed by atoms with Crippen molar-refractivity contribution < 1.29 is 14.3 Å². The van der Waals surface area contributed by atoms with E-state index in [-0.39, 0.29) is 12.5 Å². The van der Waals surface area contributed by atoms with E-state index in [1.54, 1.807) is 19.1 Å². The Morgan fingerprint density at radius 3 is 2.30 bits per heavy atom. The van der Waals surface area contributed by atoms with E-state index in [1.165, 1.54) is 5.56 Å². The summed E-state index contributed by atoms with van der Waals surface area (Å²) < 4.78 is 10.9. The third-order valence-corrected chi connectivity index (χ3v) is 3.76. The highest BCUT2D eigenvalue weighted by atomic mass is 16.5. The quantitative estimate of drug-likeness (QED) is 0.845. The van der Waals surface area contributed by atoms with E-state index in [2.05, 4.69) is 6.07 Å². The number of anilines is 1.